The molecule has 0 fully saturated rings. The average molecular weight is 286 g/mol. The van der Waals surface area contributed by atoms with E-state index in [1.54, 1.807) is 0 Å². The molecule has 20 heavy (non-hydrogen) atoms. The van der Waals surface area contributed by atoms with Crippen LogP contribution in [-0.2, 0) is 4.79 Å². The molecule has 0 aromatic carbocycles. The summed E-state index contributed by atoms with van der Waals surface area (Å²) < 4.78 is 0. The summed E-state index contributed by atoms with van der Waals surface area (Å²) in [5, 5.41) is 14.5. The Kier molecular flexibility index (Phi) is 10.8. The van der Waals surface area contributed by atoms with Crippen molar-refractivity contribution in [1.29, 1.82) is 0 Å². The van der Waals surface area contributed by atoms with Crippen molar-refractivity contribution in [2.75, 3.05) is 13.1 Å². The molecule has 0 spiro atoms. The van der Waals surface area contributed by atoms with Crippen LogP contribution in [0.1, 0.15) is 59.3 Å². The Bertz CT molecular complexity index is 282. The first-order valence-corrected chi connectivity index (χ1v) is 7.79. The molecular formula is C15H30N2O3. The molecule has 0 saturated carbocycles. The largest absolute Gasteiger partial charge is 0.481 e. The molecule has 3 N–H and O–H groups in total. The van der Waals surface area contributed by atoms with Crippen molar-refractivity contribution < 1.29 is 14.7 Å². The van der Waals surface area contributed by atoms with Gasteiger partial charge in [0.25, 0.3) is 0 Å². The predicted molar refractivity (Wildman–Crippen MR) is 80.7 cm³/mol. The lowest BCUT2D eigenvalue weighted by atomic mass is 9.99. The maximum absolute atomic E-state index is 11.7. The number of carboxylic acids is 1. The number of carboxylic acid groups (broad SMARTS) is 1. The smallest absolute Gasteiger partial charge is 0.314 e. The summed E-state index contributed by atoms with van der Waals surface area (Å²) in [6.07, 6.45) is 5.91. The van der Waals surface area contributed by atoms with Gasteiger partial charge in [-0.2, -0.15) is 0 Å². The van der Waals surface area contributed by atoms with E-state index in [2.05, 4.69) is 24.5 Å². The van der Waals surface area contributed by atoms with Crippen molar-refractivity contribution in [3.63, 3.8) is 0 Å². The second kappa shape index (κ2) is 11.6. The number of urea groups is 1. The van der Waals surface area contributed by atoms with Gasteiger partial charge in [-0.25, -0.2) is 4.79 Å². The molecule has 0 aliphatic heterocycles. The van der Waals surface area contributed by atoms with E-state index < -0.39 is 11.9 Å². The zero-order valence-corrected chi connectivity index (χ0v) is 13.1. The van der Waals surface area contributed by atoms with Gasteiger partial charge >= 0.3 is 12.0 Å². The van der Waals surface area contributed by atoms with E-state index in [1.165, 1.54) is 12.8 Å². The molecule has 118 valence electrons. The maximum atomic E-state index is 11.7. The van der Waals surface area contributed by atoms with Gasteiger partial charge in [-0.3, -0.25) is 4.79 Å². The molecule has 0 heterocycles. The molecular weight excluding hydrogens is 256 g/mol. The van der Waals surface area contributed by atoms with Gasteiger partial charge in [-0.05, 0) is 18.8 Å². The van der Waals surface area contributed by atoms with Crippen molar-refractivity contribution in [2.45, 2.75) is 59.3 Å². The summed E-state index contributed by atoms with van der Waals surface area (Å²) in [6, 6.07) is -0.262. The molecule has 0 bridgehead atoms. The minimum atomic E-state index is -0.846. The number of carbonyl (C=O) groups is 2. The number of rotatable bonds is 11. The molecule has 2 amide bonds. The molecule has 0 aliphatic rings. The van der Waals surface area contributed by atoms with Crippen LogP contribution in [0.25, 0.3) is 0 Å². The number of aliphatic carboxylic acids is 1. The topological polar surface area (TPSA) is 78.4 Å². The number of carbonyl (C=O) groups excluding carboxylic acids is 1. The number of hydrogen-bond acceptors (Lipinski definition) is 2. The molecule has 5 heteroatoms. The normalized spacial score (nSPS) is 13.6. The van der Waals surface area contributed by atoms with Crippen molar-refractivity contribution in [2.24, 2.45) is 11.8 Å². The minimum absolute atomic E-state index is 0.195. The lowest BCUT2D eigenvalue weighted by Crippen LogP contribution is -2.41. The summed E-state index contributed by atoms with van der Waals surface area (Å²) in [4.78, 5) is 22.6. The number of amides is 2. The quantitative estimate of drug-likeness (QED) is 0.546. The van der Waals surface area contributed by atoms with Crippen molar-refractivity contribution in [3.05, 3.63) is 0 Å². The highest BCUT2D eigenvalue weighted by molar-refractivity contribution is 5.75. The van der Waals surface area contributed by atoms with Gasteiger partial charge in [0.15, 0.2) is 0 Å². The highest BCUT2D eigenvalue weighted by Crippen LogP contribution is 2.11. The van der Waals surface area contributed by atoms with Gasteiger partial charge in [0.1, 0.15) is 0 Å². The highest BCUT2D eigenvalue weighted by atomic mass is 16.4. The Labute approximate surface area is 122 Å². The SMILES string of the molecule is CCCCC(CC)CNC(=O)NCC(CCC)C(=O)O. The second-order valence-electron chi connectivity index (χ2n) is 5.33. The van der Waals surface area contributed by atoms with E-state index in [0.717, 1.165) is 19.3 Å². The fraction of sp³-hybridized carbons (Fsp3) is 0.867. The summed E-state index contributed by atoms with van der Waals surface area (Å²) in [5.41, 5.74) is 0. The van der Waals surface area contributed by atoms with Gasteiger partial charge in [0.2, 0.25) is 0 Å². The third-order valence-corrected chi connectivity index (χ3v) is 3.59. The highest BCUT2D eigenvalue weighted by Gasteiger charge is 2.17. The van der Waals surface area contributed by atoms with Crippen LogP contribution in [-0.4, -0.2) is 30.2 Å². The molecule has 5 nitrogen and oxygen atoms in total. The predicted octanol–water partition coefficient (Wildman–Crippen LogP) is 3.00. The fourth-order valence-electron chi connectivity index (χ4n) is 2.12. The van der Waals surface area contributed by atoms with Crippen molar-refractivity contribution in [3.8, 4) is 0 Å². The van der Waals surface area contributed by atoms with E-state index in [4.69, 9.17) is 5.11 Å². The van der Waals surface area contributed by atoms with Crippen LogP contribution in [0.4, 0.5) is 4.79 Å². The van der Waals surface area contributed by atoms with Gasteiger partial charge in [0, 0.05) is 13.1 Å². The first-order chi connectivity index (χ1) is 9.54. The Hall–Kier alpha value is -1.26. The van der Waals surface area contributed by atoms with E-state index in [0.29, 0.717) is 18.9 Å². The lowest BCUT2D eigenvalue weighted by molar-refractivity contribution is -0.141. The zero-order chi connectivity index (χ0) is 15.4. The standard InChI is InChI=1S/C15H30N2O3/c1-4-7-9-12(6-3)10-16-15(20)17-11-13(8-5-2)14(18)19/h12-13H,4-11H2,1-3H3,(H,18,19)(H2,16,17,20). The van der Waals surface area contributed by atoms with E-state index in [1.807, 2.05) is 6.92 Å². The Morgan fingerprint density at radius 2 is 1.65 bits per heavy atom. The zero-order valence-electron chi connectivity index (χ0n) is 13.1. The molecule has 0 rings (SSSR count). The van der Waals surface area contributed by atoms with Crippen LogP contribution in [0.2, 0.25) is 0 Å². The number of unbranched alkanes of at least 4 members (excludes halogenated alkanes) is 1. The van der Waals surface area contributed by atoms with Crippen molar-refractivity contribution >= 4 is 12.0 Å². The molecule has 0 aliphatic carbocycles. The lowest BCUT2D eigenvalue weighted by Gasteiger charge is -2.17. The van der Waals surface area contributed by atoms with Crippen LogP contribution < -0.4 is 10.6 Å². The molecule has 0 radical (unpaired) electrons. The van der Waals surface area contributed by atoms with Crippen LogP contribution in [0.15, 0.2) is 0 Å². The van der Waals surface area contributed by atoms with Gasteiger partial charge in [0.05, 0.1) is 5.92 Å². The van der Waals surface area contributed by atoms with Crippen LogP contribution in [0.3, 0.4) is 0 Å². The number of hydrogen-bond donors (Lipinski definition) is 3. The monoisotopic (exact) mass is 286 g/mol. The fourth-order valence-corrected chi connectivity index (χ4v) is 2.12. The van der Waals surface area contributed by atoms with Gasteiger partial charge < -0.3 is 15.7 Å². The molecule has 2 unspecified atom stereocenters. The van der Waals surface area contributed by atoms with E-state index in [-0.39, 0.29) is 12.6 Å². The first-order valence-electron chi connectivity index (χ1n) is 7.79. The first kappa shape index (κ1) is 18.7. The summed E-state index contributed by atoms with van der Waals surface area (Å²) in [5.74, 6) is -0.832. The van der Waals surface area contributed by atoms with Gasteiger partial charge in [-0.15, -0.1) is 0 Å². The molecule has 0 aromatic heterocycles. The maximum Gasteiger partial charge on any atom is 0.314 e. The Balaban J connectivity index is 3.94. The minimum Gasteiger partial charge on any atom is -0.481 e. The Morgan fingerprint density at radius 1 is 1.00 bits per heavy atom. The third kappa shape index (κ3) is 8.77. The summed E-state index contributed by atoms with van der Waals surface area (Å²) in [7, 11) is 0. The summed E-state index contributed by atoms with van der Waals surface area (Å²) in [6.45, 7) is 7.08. The second-order valence-corrected chi connectivity index (χ2v) is 5.33. The molecule has 2 atom stereocenters. The van der Waals surface area contributed by atoms with Gasteiger partial charge in [-0.1, -0.05) is 46.5 Å². The Morgan fingerprint density at radius 3 is 2.15 bits per heavy atom. The average Bonchev–Trinajstić information content (AvgIpc) is 2.43. The summed E-state index contributed by atoms with van der Waals surface area (Å²) >= 11 is 0. The van der Waals surface area contributed by atoms with Crippen LogP contribution in [0, 0.1) is 11.8 Å². The molecule has 0 saturated heterocycles. The van der Waals surface area contributed by atoms with E-state index >= 15 is 0 Å². The third-order valence-electron chi connectivity index (χ3n) is 3.59. The number of nitrogens with one attached hydrogen (secondary N) is 2. The van der Waals surface area contributed by atoms with Crippen LogP contribution in [0.5, 0.6) is 0 Å². The van der Waals surface area contributed by atoms with E-state index in [9.17, 15) is 9.59 Å². The van der Waals surface area contributed by atoms with Crippen LogP contribution >= 0.6 is 0 Å². The van der Waals surface area contributed by atoms with Crippen molar-refractivity contribution in [1.82, 2.24) is 10.6 Å². The molecule has 0 aromatic rings.